The van der Waals surface area contributed by atoms with Crippen molar-refractivity contribution in [1.29, 1.82) is 0 Å². The minimum atomic E-state index is -0.741. The minimum absolute atomic E-state index is 0.0289. The van der Waals surface area contributed by atoms with E-state index in [1.165, 1.54) is 6.92 Å². The second-order valence-corrected chi connectivity index (χ2v) is 12.8. The smallest absolute Gasteiger partial charge is 0.417 e. The molecule has 46 heavy (non-hydrogen) atoms. The summed E-state index contributed by atoms with van der Waals surface area (Å²) in [5.41, 5.74) is 2.91. The maximum atomic E-state index is 12.8. The van der Waals surface area contributed by atoms with Gasteiger partial charge in [-0.15, -0.1) is 23.5 Å². The average molecular weight is 674 g/mol. The van der Waals surface area contributed by atoms with Crippen molar-refractivity contribution in [3.05, 3.63) is 65.5 Å². The highest BCUT2D eigenvalue weighted by Crippen LogP contribution is 2.58. The van der Waals surface area contributed by atoms with Crippen molar-refractivity contribution in [3.8, 4) is 34.5 Å². The number of carbonyl (C=O) groups excluding carboxylic acids is 2. The van der Waals surface area contributed by atoms with Crippen LogP contribution >= 0.6 is 23.5 Å². The van der Waals surface area contributed by atoms with Gasteiger partial charge in [-0.2, -0.15) is 0 Å². The first-order valence-electron chi connectivity index (χ1n) is 14.7. The molecule has 2 amide bonds. The van der Waals surface area contributed by atoms with Gasteiger partial charge in [0, 0.05) is 30.1 Å². The van der Waals surface area contributed by atoms with Crippen molar-refractivity contribution in [1.82, 2.24) is 4.90 Å². The molecule has 2 atom stereocenters. The zero-order chi connectivity index (χ0) is 33.2. The first-order chi connectivity index (χ1) is 22.3. The third kappa shape index (κ3) is 8.05. The van der Waals surface area contributed by atoms with Crippen LogP contribution in [0.4, 0.5) is 4.79 Å². The lowest BCUT2D eigenvalue weighted by Crippen LogP contribution is -2.43. The number of thioether (sulfide) groups is 2. The Morgan fingerprint density at radius 2 is 1.46 bits per heavy atom. The Morgan fingerprint density at radius 3 is 2.02 bits per heavy atom. The highest BCUT2D eigenvalue weighted by molar-refractivity contribution is 8.19. The predicted molar refractivity (Wildman–Crippen MR) is 177 cm³/mol. The second kappa shape index (κ2) is 16.5. The van der Waals surface area contributed by atoms with Crippen LogP contribution in [-0.4, -0.2) is 71.4 Å². The van der Waals surface area contributed by atoms with Crippen LogP contribution in [0.15, 0.2) is 48.7 Å². The first-order valence-corrected chi connectivity index (χ1v) is 16.6. The van der Waals surface area contributed by atoms with E-state index in [0.29, 0.717) is 41.0 Å². The van der Waals surface area contributed by atoms with E-state index in [1.807, 2.05) is 83.7 Å². The van der Waals surface area contributed by atoms with Crippen LogP contribution in [0.3, 0.4) is 0 Å². The standard InChI is InChI=1S/C33H41N2O9S2/c1-8-34-12-10-9-11-24(34)19-35(21(2)36)33(37)44-14-13-43-31-27(40-5)15-22(16-28(31)41-6)29-20-45-32(46-29)23-17-25(38-3)30(42-7)26(18-23)39-4/h9-12,15-18,29,32H,8,13-14,19-20H2,1-7H3/q+1/t29-,32+/m1/s1. The zero-order valence-corrected chi connectivity index (χ0v) is 28.8. The predicted octanol–water partition coefficient (Wildman–Crippen LogP) is 5.82. The number of ether oxygens (including phenoxy) is 7. The van der Waals surface area contributed by atoms with Gasteiger partial charge in [-0.1, -0.05) is 6.07 Å². The van der Waals surface area contributed by atoms with Crippen LogP contribution in [0.25, 0.3) is 0 Å². The van der Waals surface area contributed by atoms with Crippen LogP contribution in [0.2, 0.25) is 0 Å². The van der Waals surface area contributed by atoms with Gasteiger partial charge in [0.25, 0.3) is 0 Å². The van der Waals surface area contributed by atoms with Crippen molar-refractivity contribution < 1.29 is 47.3 Å². The van der Waals surface area contributed by atoms with Gasteiger partial charge < -0.3 is 33.2 Å². The fourth-order valence-electron chi connectivity index (χ4n) is 5.00. The molecule has 3 aromatic rings. The molecule has 0 aliphatic carbocycles. The number of imide groups is 1. The largest absolute Gasteiger partial charge is 0.493 e. The Kier molecular flexibility index (Phi) is 12.6. The zero-order valence-electron chi connectivity index (χ0n) is 27.2. The van der Waals surface area contributed by atoms with Gasteiger partial charge in [-0.3, -0.25) is 4.79 Å². The third-order valence-electron chi connectivity index (χ3n) is 7.35. The number of pyridine rings is 1. The van der Waals surface area contributed by atoms with E-state index in [-0.39, 0.29) is 29.6 Å². The van der Waals surface area contributed by atoms with Crippen LogP contribution in [0, 0.1) is 0 Å². The van der Waals surface area contributed by atoms with Crippen molar-refractivity contribution in [2.45, 2.75) is 36.8 Å². The molecular formula is C33H41N2O9S2+. The van der Waals surface area contributed by atoms with Gasteiger partial charge in [0.1, 0.15) is 26.3 Å². The third-order valence-corrected chi connectivity index (χ3v) is 10.7. The number of carbonyl (C=O) groups is 2. The summed E-state index contributed by atoms with van der Waals surface area (Å²) >= 11 is 3.64. The normalized spacial score (nSPS) is 15.5. The van der Waals surface area contributed by atoms with Gasteiger partial charge in [0.15, 0.2) is 29.2 Å². The molecule has 0 N–H and O–H groups in total. The van der Waals surface area contributed by atoms with Crippen molar-refractivity contribution in [2.24, 2.45) is 0 Å². The van der Waals surface area contributed by atoms with E-state index in [1.54, 1.807) is 35.5 Å². The SMILES string of the molecule is CC[n+]1ccccc1CN(C(C)=O)C(=O)OCCOc1c(OC)cc([C@H]2CS[C@H](c3cc(OC)c(OC)c(OC)c3)S2)cc1OC. The molecule has 1 fully saturated rings. The lowest BCUT2D eigenvalue weighted by molar-refractivity contribution is -0.701. The van der Waals surface area contributed by atoms with Crippen molar-refractivity contribution in [3.63, 3.8) is 0 Å². The van der Waals surface area contributed by atoms with Gasteiger partial charge in [-0.05, 0) is 42.3 Å². The molecule has 2 aromatic carbocycles. The molecule has 13 heteroatoms. The molecule has 2 heterocycles. The molecule has 1 saturated heterocycles. The van der Waals surface area contributed by atoms with Gasteiger partial charge in [0.05, 0.1) is 40.1 Å². The second-order valence-electron chi connectivity index (χ2n) is 10.0. The van der Waals surface area contributed by atoms with E-state index < -0.39 is 12.0 Å². The summed E-state index contributed by atoms with van der Waals surface area (Å²) in [5, 5.41) is 0.153. The van der Waals surface area contributed by atoms with Crippen LogP contribution in [0.1, 0.15) is 40.5 Å². The summed E-state index contributed by atoms with van der Waals surface area (Å²) in [6, 6.07) is 13.5. The van der Waals surface area contributed by atoms with E-state index in [2.05, 4.69) is 0 Å². The molecule has 0 saturated carbocycles. The number of hydrogen-bond donors (Lipinski definition) is 0. The molecule has 0 spiro atoms. The number of nitrogens with zero attached hydrogens (tertiary/aromatic N) is 2. The molecule has 1 aliphatic heterocycles. The molecule has 4 rings (SSSR count). The van der Waals surface area contributed by atoms with E-state index >= 15 is 0 Å². The Labute approximate surface area is 278 Å². The van der Waals surface area contributed by atoms with Gasteiger partial charge in [0.2, 0.25) is 23.1 Å². The molecular weight excluding hydrogens is 633 g/mol. The Hall–Kier alpha value is -3.97. The Bertz CT molecular complexity index is 1470. The minimum Gasteiger partial charge on any atom is -0.493 e. The van der Waals surface area contributed by atoms with Gasteiger partial charge in [-0.25, -0.2) is 14.3 Å². The fourth-order valence-corrected chi connectivity index (χ4v) is 8.26. The summed E-state index contributed by atoms with van der Waals surface area (Å²) < 4.78 is 41.5. The molecule has 1 aliphatic rings. The number of rotatable bonds is 14. The number of amides is 2. The lowest BCUT2D eigenvalue weighted by Gasteiger charge is -2.20. The number of benzene rings is 2. The number of aromatic nitrogens is 1. The summed E-state index contributed by atoms with van der Waals surface area (Å²) in [7, 11) is 7.94. The topological polar surface area (TPSA) is 106 Å². The number of hydrogen-bond acceptors (Lipinski definition) is 11. The molecule has 11 nitrogen and oxygen atoms in total. The quantitative estimate of drug-likeness (QED) is 0.153. The van der Waals surface area contributed by atoms with Crippen molar-refractivity contribution >= 4 is 35.5 Å². The average Bonchev–Trinajstić information content (AvgIpc) is 3.58. The lowest BCUT2D eigenvalue weighted by atomic mass is 10.1. The highest BCUT2D eigenvalue weighted by Gasteiger charge is 2.32. The summed E-state index contributed by atoms with van der Waals surface area (Å²) in [5.74, 6) is 3.65. The maximum absolute atomic E-state index is 12.8. The molecule has 0 bridgehead atoms. The van der Waals surface area contributed by atoms with Crippen LogP contribution in [-0.2, 0) is 22.6 Å². The van der Waals surface area contributed by atoms with E-state index in [9.17, 15) is 9.59 Å². The summed E-state index contributed by atoms with van der Waals surface area (Å²) in [6.45, 7) is 4.09. The van der Waals surface area contributed by atoms with Gasteiger partial charge >= 0.3 is 6.09 Å². The van der Waals surface area contributed by atoms with Crippen molar-refractivity contribution in [2.75, 3.05) is 54.5 Å². The molecule has 0 radical (unpaired) electrons. The molecule has 0 unspecified atom stereocenters. The van der Waals surface area contributed by atoms with Crippen LogP contribution in [0.5, 0.6) is 34.5 Å². The van der Waals surface area contributed by atoms with Crippen LogP contribution < -0.4 is 33.0 Å². The highest BCUT2D eigenvalue weighted by atomic mass is 32.2. The Morgan fingerprint density at radius 1 is 0.848 bits per heavy atom. The summed E-state index contributed by atoms with van der Waals surface area (Å²) in [4.78, 5) is 26.2. The first kappa shape index (κ1) is 34.9. The molecule has 248 valence electrons. The Balaban J connectivity index is 1.41. The maximum Gasteiger partial charge on any atom is 0.417 e. The summed E-state index contributed by atoms with van der Waals surface area (Å²) in [6.07, 6.45) is 1.16. The number of methoxy groups -OCH3 is 5. The fraction of sp³-hybridized carbons (Fsp3) is 0.424. The monoisotopic (exact) mass is 673 g/mol. The number of aryl methyl sites for hydroxylation is 1. The van der Waals surface area contributed by atoms with E-state index in [4.69, 9.17) is 33.2 Å². The molecule has 1 aromatic heterocycles. The van der Waals surface area contributed by atoms with E-state index in [0.717, 1.165) is 27.5 Å².